The molecule has 0 amide bonds. The molecule has 0 aromatic carbocycles. The maximum atomic E-state index is 6.08. The number of nitrogens with one attached hydrogen (secondary N) is 1. The first kappa shape index (κ1) is 15.3. The maximum absolute atomic E-state index is 6.08. The molecular formula is C16H24N2O2S. The van der Waals surface area contributed by atoms with Gasteiger partial charge in [0.15, 0.2) is 0 Å². The summed E-state index contributed by atoms with van der Waals surface area (Å²) < 4.78 is 11.5. The Labute approximate surface area is 131 Å². The smallest absolute Gasteiger partial charge is 0.0960 e. The summed E-state index contributed by atoms with van der Waals surface area (Å²) in [5, 5.41) is 4.80. The monoisotopic (exact) mass is 308 g/mol. The van der Waals surface area contributed by atoms with Crippen molar-refractivity contribution in [2.75, 3.05) is 32.1 Å². The number of hydrogen-bond acceptors (Lipinski definition) is 5. The Kier molecular flexibility index (Phi) is 5.52. The largest absolute Gasteiger partial charge is 0.381 e. The van der Waals surface area contributed by atoms with Gasteiger partial charge < -0.3 is 14.8 Å². The van der Waals surface area contributed by atoms with Crippen LogP contribution in [0, 0.1) is 0 Å². The normalized spacial score (nSPS) is 25.0. The molecule has 1 N–H and O–H groups in total. The molecule has 1 aromatic rings. The Morgan fingerprint density at radius 3 is 3.00 bits per heavy atom. The van der Waals surface area contributed by atoms with Gasteiger partial charge in [0.05, 0.1) is 10.6 Å². The summed E-state index contributed by atoms with van der Waals surface area (Å²) in [6.45, 7) is 3.61. The standard InChI is InChI=1S/C16H24N2O2S/c1-2-7-18-15(3-1)21-12-8-17-14-4-9-20-16(13-14)5-10-19-11-6-16/h1-3,7,14,17H,4-6,8-13H2. The van der Waals surface area contributed by atoms with Gasteiger partial charge in [0.25, 0.3) is 0 Å². The van der Waals surface area contributed by atoms with Crippen LogP contribution >= 0.6 is 11.8 Å². The van der Waals surface area contributed by atoms with Crippen molar-refractivity contribution >= 4 is 11.8 Å². The van der Waals surface area contributed by atoms with Crippen molar-refractivity contribution in [1.82, 2.24) is 10.3 Å². The molecule has 4 nitrogen and oxygen atoms in total. The molecule has 21 heavy (non-hydrogen) atoms. The summed E-state index contributed by atoms with van der Waals surface area (Å²) in [5.41, 5.74) is 0.0856. The van der Waals surface area contributed by atoms with Gasteiger partial charge in [-0.1, -0.05) is 6.07 Å². The lowest BCUT2D eigenvalue weighted by molar-refractivity contribution is -0.140. The number of nitrogens with zero attached hydrogens (tertiary/aromatic N) is 1. The average Bonchev–Trinajstić information content (AvgIpc) is 2.54. The number of pyridine rings is 1. The average molecular weight is 308 g/mol. The molecule has 0 aliphatic carbocycles. The minimum absolute atomic E-state index is 0.0856. The van der Waals surface area contributed by atoms with Gasteiger partial charge in [0.1, 0.15) is 0 Å². The zero-order valence-corrected chi connectivity index (χ0v) is 13.2. The van der Waals surface area contributed by atoms with Crippen LogP contribution in [0.1, 0.15) is 25.7 Å². The van der Waals surface area contributed by atoms with Gasteiger partial charge in [-0.15, -0.1) is 11.8 Å². The lowest BCUT2D eigenvalue weighted by atomic mass is 9.84. The first-order valence-corrected chi connectivity index (χ1v) is 8.84. The molecule has 116 valence electrons. The van der Waals surface area contributed by atoms with Crippen molar-refractivity contribution in [3.8, 4) is 0 Å². The van der Waals surface area contributed by atoms with Crippen molar-refractivity contribution in [3.63, 3.8) is 0 Å². The quantitative estimate of drug-likeness (QED) is 0.669. The van der Waals surface area contributed by atoms with E-state index in [1.807, 2.05) is 30.1 Å². The molecule has 2 fully saturated rings. The molecule has 0 saturated carbocycles. The molecule has 2 aliphatic rings. The van der Waals surface area contributed by atoms with Crippen LogP contribution in [-0.4, -0.2) is 48.7 Å². The number of hydrogen-bond donors (Lipinski definition) is 1. The first-order chi connectivity index (χ1) is 10.4. The van der Waals surface area contributed by atoms with Crippen LogP contribution in [0.25, 0.3) is 0 Å². The van der Waals surface area contributed by atoms with E-state index in [2.05, 4.69) is 16.4 Å². The summed E-state index contributed by atoms with van der Waals surface area (Å²) >= 11 is 1.81. The van der Waals surface area contributed by atoms with E-state index in [0.29, 0.717) is 6.04 Å². The Morgan fingerprint density at radius 2 is 2.19 bits per heavy atom. The van der Waals surface area contributed by atoms with Crippen molar-refractivity contribution in [2.24, 2.45) is 0 Å². The third kappa shape index (κ3) is 4.42. The van der Waals surface area contributed by atoms with E-state index in [-0.39, 0.29) is 5.60 Å². The minimum atomic E-state index is 0.0856. The van der Waals surface area contributed by atoms with Gasteiger partial charge in [-0.05, 0) is 37.8 Å². The fourth-order valence-electron chi connectivity index (χ4n) is 3.14. The van der Waals surface area contributed by atoms with E-state index in [1.165, 1.54) is 0 Å². The van der Waals surface area contributed by atoms with E-state index in [0.717, 1.165) is 62.8 Å². The van der Waals surface area contributed by atoms with Gasteiger partial charge >= 0.3 is 0 Å². The lowest BCUT2D eigenvalue weighted by Crippen LogP contribution is -2.50. The topological polar surface area (TPSA) is 43.4 Å². The van der Waals surface area contributed by atoms with Crippen LogP contribution in [0.2, 0.25) is 0 Å². The zero-order valence-electron chi connectivity index (χ0n) is 12.4. The van der Waals surface area contributed by atoms with E-state index < -0.39 is 0 Å². The fourth-order valence-corrected chi connectivity index (χ4v) is 3.88. The van der Waals surface area contributed by atoms with Crippen LogP contribution in [0.5, 0.6) is 0 Å². The molecule has 3 rings (SSSR count). The van der Waals surface area contributed by atoms with Crippen molar-refractivity contribution in [2.45, 2.75) is 42.4 Å². The van der Waals surface area contributed by atoms with E-state index in [9.17, 15) is 0 Å². The number of ether oxygens (including phenoxy) is 2. The molecular weight excluding hydrogens is 284 g/mol. The van der Waals surface area contributed by atoms with Crippen LogP contribution in [0.4, 0.5) is 0 Å². The lowest BCUT2D eigenvalue weighted by Gasteiger charge is -2.43. The summed E-state index contributed by atoms with van der Waals surface area (Å²) in [4.78, 5) is 4.33. The van der Waals surface area contributed by atoms with Gasteiger partial charge in [0.2, 0.25) is 0 Å². The Hall–Kier alpha value is -0.620. The van der Waals surface area contributed by atoms with Crippen LogP contribution in [0.3, 0.4) is 0 Å². The summed E-state index contributed by atoms with van der Waals surface area (Å²) in [5.74, 6) is 1.06. The highest BCUT2D eigenvalue weighted by Crippen LogP contribution is 2.34. The summed E-state index contributed by atoms with van der Waals surface area (Å²) in [6, 6.07) is 6.64. The zero-order chi connectivity index (χ0) is 14.4. The van der Waals surface area contributed by atoms with Crippen LogP contribution in [-0.2, 0) is 9.47 Å². The van der Waals surface area contributed by atoms with E-state index >= 15 is 0 Å². The Morgan fingerprint density at radius 1 is 1.29 bits per heavy atom. The molecule has 1 aromatic heterocycles. The molecule has 1 unspecified atom stereocenters. The molecule has 2 aliphatic heterocycles. The third-order valence-electron chi connectivity index (χ3n) is 4.32. The predicted octanol–water partition coefficient (Wildman–Crippen LogP) is 2.49. The highest BCUT2D eigenvalue weighted by molar-refractivity contribution is 7.99. The van der Waals surface area contributed by atoms with Crippen molar-refractivity contribution in [3.05, 3.63) is 24.4 Å². The second kappa shape index (κ2) is 7.58. The van der Waals surface area contributed by atoms with Crippen molar-refractivity contribution < 1.29 is 9.47 Å². The molecule has 1 atom stereocenters. The molecule has 0 radical (unpaired) electrons. The predicted molar refractivity (Wildman–Crippen MR) is 84.7 cm³/mol. The minimum Gasteiger partial charge on any atom is -0.381 e. The van der Waals surface area contributed by atoms with Crippen molar-refractivity contribution in [1.29, 1.82) is 0 Å². The number of rotatable bonds is 5. The summed E-state index contributed by atoms with van der Waals surface area (Å²) in [7, 11) is 0. The SMILES string of the molecule is c1ccc(SCCNC2CCOC3(CCOCC3)C2)nc1. The molecule has 2 saturated heterocycles. The fraction of sp³-hybridized carbons (Fsp3) is 0.688. The van der Waals surface area contributed by atoms with Crippen LogP contribution < -0.4 is 5.32 Å². The number of thioether (sulfide) groups is 1. The summed E-state index contributed by atoms with van der Waals surface area (Å²) in [6.07, 6.45) is 6.20. The van der Waals surface area contributed by atoms with E-state index in [1.54, 1.807) is 0 Å². The molecule has 1 spiro atoms. The highest BCUT2D eigenvalue weighted by Gasteiger charge is 2.38. The first-order valence-electron chi connectivity index (χ1n) is 7.85. The molecule has 3 heterocycles. The van der Waals surface area contributed by atoms with Gasteiger partial charge in [-0.2, -0.15) is 0 Å². The maximum Gasteiger partial charge on any atom is 0.0960 e. The molecule has 5 heteroatoms. The van der Waals surface area contributed by atoms with Gasteiger partial charge in [0, 0.05) is 44.4 Å². The Bertz CT molecular complexity index is 418. The van der Waals surface area contributed by atoms with E-state index in [4.69, 9.17) is 9.47 Å². The van der Waals surface area contributed by atoms with Gasteiger partial charge in [-0.3, -0.25) is 0 Å². The Balaban J connectivity index is 1.39. The van der Waals surface area contributed by atoms with Gasteiger partial charge in [-0.25, -0.2) is 4.98 Å². The second-order valence-corrected chi connectivity index (χ2v) is 6.92. The molecule has 0 bridgehead atoms. The second-order valence-electron chi connectivity index (χ2n) is 5.80. The van der Waals surface area contributed by atoms with Crippen LogP contribution in [0.15, 0.2) is 29.4 Å². The number of aromatic nitrogens is 1. The third-order valence-corrected chi connectivity index (χ3v) is 5.27. The highest BCUT2D eigenvalue weighted by atomic mass is 32.2.